The lowest BCUT2D eigenvalue weighted by molar-refractivity contribution is -0.125. The van der Waals surface area contributed by atoms with Gasteiger partial charge in [0.05, 0.1) is 0 Å². The van der Waals surface area contributed by atoms with Crippen LogP contribution in [0.25, 0.3) is 0 Å². The lowest BCUT2D eigenvalue weighted by Gasteiger charge is -2.37. The summed E-state index contributed by atoms with van der Waals surface area (Å²) in [6.45, 7) is 9.13. The molecule has 0 aromatic carbocycles. The monoisotopic (exact) mass is 324 g/mol. The van der Waals surface area contributed by atoms with E-state index in [1.807, 2.05) is 4.90 Å². The molecule has 23 heavy (non-hydrogen) atoms. The van der Waals surface area contributed by atoms with E-state index < -0.39 is 0 Å². The smallest absolute Gasteiger partial charge is 0.317 e. The summed E-state index contributed by atoms with van der Waals surface area (Å²) in [4.78, 5) is 28.4. The van der Waals surface area contributed by atoms with E-state index in [9.17, 15) is 9.59 Å². The van der Waals surface area contributed by atoms with E-state index in [0.29, 0.717) is 5.92 Å². The van der Waals surface area contributed by atoms with Crippen molar-refractivity contribution in [3.8, 4) is 0 Å². The normalized spacial score (nSPS) is 26.2. The second kappa shape index (κ2) is 8.52. The molecule has 0 aromatic heterocycles. The lowest BCUT2D eigenvalue weighted by Crippen LogP contribution is -2.54. The highest BCUT2D eigenvalue weighted by atomic mass is 16.2. The van der Waals surface area contributed by atoms with Crippen LogP contribution >= 0.6 is 0 Å². The molecule has 0 spiro atoms. The van der Waals surface area contributed by atoms with Gasteiger partial charge in [0.15, 0.2) is 0 Å². The highest BCUT2D eigenvalue weighted by Gasteiger charge is 2.28. The van der Waals surface area contributed by atoms with Crippen molar-refractivity contribution in [1.82, 2.24) is 20.4 Å². The molecule has 0 radical (unpaired) electrons. The number of carbonyl (C=O) groups excluding carboxylic acids is 2. The molecule has 132 valence electrons. The Morgan fingerprint density at radius 1 is 1.04 bits per heavy atom. The maximum Gasteiger partial charge on any atom is 0.317 e. The van der Waals surface area contributed by atoms with Gasteiger partial charge >= 0.3 is 6.03 Å². The summed E-state index contributed by atoms with van der Waals surface area (Å²) < 4.78 is 0. The largest absolute Gasteiger partial charge is 0.359 e. The SMILES string of the molecule is CNC(=O)C1CCC(NC(=O)N2CCN(CC(C)C)CC2)CC1. The Morgan fingerprint density at radius 2 is 1.65 bits per heavy atom. The van der Waals surface area contributed by atoms with Gasteiger partial charge in [-0.25, -0.2) is 4.79 Å². The van der Waals surface area contributed by atoms with Gasteiger partial charge in [-0.2, -0.15) is 0 Å². The quantitative estimate of drug-likeness (QED) is 0.819. The van der Waals surface area contributed by atoms with Gasteiger partial charge in [-0.05, 0) is 31.6 Å². The van der Waals surface area contributed by atoms with E-state index >= 15 is 0 Å². The third kappa shape index (κ3) is 5.37. The predicted octanol–water partition coefficient (Wildman–Crippen LogP) is 1.27. The van der Waals surface area contributed by atoms with Crippen LogP contribution in [0.2, 0.25) is 0 Å². The zero-order valence-electron chi connectivity index (χ0n) is 14.8. The number of amides is 3. The van der Waals surface area contributed by atoms with Crippen molar-refractivity contribution < 1.29 is 9.59 Å². The molecule has 1 saturated carbocycles. The number of carbonyl (C=O) groups is 2. The second-order valence-corrected chi connectivity index (χ2v) is 7.29. The van der Waals surface area contributed by atoms with Crippen LogP contribution in [-0.4, -0.2) is 67.6 Å². The highest BCUT2D eigenvalue weighted by molar-refractivity contribution is 5.78. The van der Waals surface area contributed by atoms with Gasteiger partial charge < -0.3 is 15.5 Å². The Hall–Kier alpha value is -1.30. The van der Waals surface area contributed by atoms with Crippen LogP contribution in [0.5, 0.6) is 0 Å². The third-order valence-corrected chi connectivity index (χ3v) is 4.95. The van der Waals surface area contributed by atoms with Gasteiger partial charge in [-0.1, -0.05) is 13.8 Å². The molecule has 1 aliphatic carbocycles. The van der Waals surface area contributed by atoms with Gasteiger partial charge in [-0.3, -0.25) is 9.69 Å². The number of nitrogens with one attached hydrogen (secondary N) is 2. The van der Waals surface area contributed by atoms with E-state index in [1.165, 1.54) is 0 Å². The van der Waals surface area contributed by atoms with Gasteiger partial charge in [0.2, 0.25) is 5.91 Å². The first kappa shape index (κ1) is 18.0. The number of hydrogen-bond donors (Lipinski definition) is 2. The van der Waals surface area contributed by atoms with E-state index in [-0.39, 0.29) is 23.9 Å². The first-order valence-electron chi connectivity index (χ1n) is 8.99. The maximum atomic E-state index is 12.4. The van der Waals surface area contributed by atoms with E-state index in [2.05, 4.69) is 29.4 Å². The standard InChI is InChI=1S/C17H32N4O2/c1-13(2)12-20-8-10-21(11-9-20)17(23)19-15-6-4-14(5-7-15)16(22)18-3/h13-15H,4-12H2,1-3H3,(H,18,22)(H,19,23). The van der Waals surface area contributed by atoms with Crippen molar-refractivity contribution in [2.75, 3.05) is 39.8 Å². The Bertz CT molecular complexity index is 397. The molecule has 0 atom stereocenters. The molecule has 2 N–H and O–H groups in total. The van der Waals surface area contributed by atoms with E-state index in [4.69, 9.17) is 0 Å². The minimum absolute atomic E-state index is 0.0672. The van der Waals surface area contributed by atoms with Crippen LogP contribution in [0, 0.1) is 11.8 Å². The summed E-state index contributed by atoms with van der Waals surface area (Å²) in [7, 11) is 1.69. The topological polar surface area (TPSA) is 64.7 Å². The molecular weight excluding hydrogens is 292 g/mol. The molecule has 1 aliphatic heterocycles. The first-order chi connectivity index (χ1) is 11.0. The number of hydrogen-bond acceptors (Lipinski definition) is 3. The first-order valence-corrected chi connectivity index (χ1v) is 8.99. The average molecular weight is 324 g/mol. The molecular formula is C17H32N4O2. The van der Waals surface area contributed by atoms with Crippen LogP contribution in [0.3, 0.4) is 0 Å². The molecule has 6 nitrogen and oxygen atoms in total. The van der Waals surface area contributed by atoms with Gasteiger partial charge in [-0.15, -0.1) is 0 Å². The Balaban J connectivity index is 1.69. The maximum absolute atomic E-state index is 12.4. The number of nitrogens with zero attached hydrogens (tertiary/aromatic N) is 2. The molecule has 0 bridgehead atoms. The summed E-state index contributed by atoms with van der Waals surface area (Å²) in [5, 5.41) is 5.88. The average Bonchev–Trinajstić information content (AvgIpc) is 2.55. The summed E-state index contributed by atoms with van der Waals surface area (Å²) in [6.07, 6.45) is 3.54. The third-order valence-electron chi connectivity index (χ3n) is 4.95. The summed E-state index contributed by atoms with van der Waals surface area (Å²) >= 11 is 0. The molecule has 0 unspecified atom stereocenters. The van der Waals surface area contributed by atoms with Crippen LogP contribution in [-0.2, 0) is 4.79 Å². The van der Waals surface area contributed by atoms with E-state index in [1.54, 1.807) is 7.05 Å². The van der Waals surface area contributed by atoms with Crippen LogP contribution in [0.1, 0.15) is 39.5 Å². The Kier molecular flexibility index (Phi) is 6.69. The summed E-state index contributed by atoms with van der Waals surface area (Å²) in [5.41, 5.74) is 0. The zero-order valence-corrected chi connectivity index (χ0v) is 14.8. The Morgan fingerprint density at radius 3 is 2.17 bits per heavy atom. The van der Waals surface area contributed by atoms with Gasteiger partial charge in [0, 0.05) is 51.7 Å². The van der Waals surface area contributed by atoms with Crippen LogP contribution < -0.4 is 10.6 Å². The minimum atomic E-state index is 0.0672. The van der Waals surface area contributed by atoms with Crippen LogP contribution in [0.4, 0.5) is 4.79 Å². The Labute approximate surface area is 140 Å². The molecule has 3 amide bonds. The highest BCUT2D eigenvalue weighted by Crippen LogP contribution is 2.24. The van der Waals surface area contributed by atoms with Gasteiger partial charge in [0.25, 0.3) is 0 Å². The fourth-order valence-corrected chi connectivity index (χ4v) is 3.62. The van der Waals surface area contributed by atoms with Crippen molar-refractivity contribution in [1.29, 1.82) is 0 Å². The van der Waals surface area contributed by atoms with Gasteiger partial charge in [0.1, 0.15) is 0 Å². The van der Waals surface area contributed by atoms with Crippen molar-refractivity contribution in [2.45, 2.75) is 45.6 Å². The van der Waals surface area contributed by atoms with Crippen molar-refractivity contribution in [3.63, 3.8) is 0 Å². The fourth-order valence-electron chi connectivity index (χ4n) is 3.62. The van der Waals surface area contributed by atoms with Crippen LogP contribution in [0.15, 0.2) is 0 Å². The van der Waals surface area contributed by atoms with Crippen molar-refractivity contribution >= 4 is 11.9 Å². The number of rotatable bonds is 4. The summed E-state index contributed by atoms with van der Waals surface area (Å²) in [6, 6.07) is 0.287. The fraction of sp³-hybridized carbons (Fsp3) is 0.882. The number of piperazine rings is 1. The van der Waals surface area contributed by atoms with Crippen molar-refractivity contribution in [3.05, 3.63) is 0 Å². The minimum Gasteiger partial charge on any atom is -0.359 e. The molecule has 1 heterocycles. The molecule has 6 heteroatoms. The molecule has 2 rings (SSSR count). The van der Waals surface area contributed by atoms with E-state index in [0.717, 1.165) is 58.4 Å². The molecule has 0 aromatic rings. The lowest BCUT2D eigenvalue weighted by atomic mass is 9.85. The predicted molar refractivity (Wildman–Crippen MR) is 91.2 cm³/mol. The summed E-state index contributed by atoms with van der Waals surface area (Å²) in [5.74, 6) is 0.926. The van der Waals surface area contributed by atoms with Crippen molar-refractivity contribution in [2.24, 2.45) is 11.8 Å². The molecule has 2 fully saturated rings. The zero-order chi connectivity index (χ0) is 16.8. The molecule has 1 saturated heterocycles. The second-order valence-electron chi connectivity index (χ2n) is 7.29. The molecule has 2 aliphatic rings. The number of urea groups is 1.